The first-order valence-corrected chi connectivity index (χ1v) is 11.0. The van der Waals surface area contributed by atoms with E-state index in [0.717, 1.165) is 28.1 Å². The molecule has 6 heteroatoms. The molecule has 3 aromatic rings. The van der Waals surface area contributed by atoms with Crippen molar-refractivity contribution >= 4 is 23.2 Å². The second kappa shape index (κ2) is 7.76. The fraction of sp³-hybridized carbons (Fsp3) is 0.292. The molecule has 0 atom stereocenters. The summed E-state index contributed by atoms with van der Waals surface area (Å²) in [5.41, 5.74) is 5.42. The van der Waals surface area contributed by atoms with Gasteiger partial charge in [0.15, 0.2) is 10.9 Å². The highest BCUT2D eigenvalue weighted by Gasteiger charge is 2.38. The van der Waals surface area contributed by atoms with Crippen LogP contribution in [0, 0.1) is 13.8 Å². The Kier molecular flexibility index (Phi) is 5.28. The summed E-state index contributed by atoms with van der Waals surface area (Å²) in [5, 5.41) is 9.23. The molecule has 0 fully saturated rings. The highest BCUT2D eigenvalue weighted by molar-refractivity contribution is 7.99. The molecule has 0 spiro atoms. The first-order valence-electron chi connectivity index (χ1n) is 9.99. The third-order valence-electron chi connectivity index (χ3n) is 5.67. The Labute approximate surface area is 181 Å². The van der Waals surface area contributed by atoms with Crippen LogP contribution in [0.25, 0.3) is 5.69 Å². The van der Waals surface area contributed by atoms with Crippen LogP contribution < -0.4 is 4.90 Å². The van der Waals surface area contributed by atoms with E-state index in [9.17, 15) is 4.79 Å². The lowest BCUT2D eigenvalue weighted by Crippen LogP contribution is -2.24. The van der Waals surface area contributed by atoms with Gasteiger partial charge >= 0.3 is 0 Å². The Hall–Kier alpha value is -2.86. The Morgan fingerprint density at radius 1 is 1.07 bits per heavy atom. The normalized spacial score (nSPS) is 16.2. The van der Waals surface area contributed by atoms with E-state index >= 15 is 0 Å². The van der Waals surface area contributed by atoms with Gasteiger partial charge in [0.2, 0.25) is 0 Å². The molecule has 0 saturated heterocycles. The molecule has 1 aliphatic heterocycles. The number of rotatable bonds is 5. The lowest BCUT2D eigenvalue weighted by molar-refractivity contribution is -0.112. The van der Waals surface area contributed by atoms with Crippen molar-refractivity contribution < 1.29 is 4.79 Å². The summed E-state index contributed by atoms with van der Waals surface area (Å²) < 4.78 is 1.99. The van der Waals surface area contributed by atoms with Gasteiger partial charge in [-0.05, 0) is 37.6 Å². The minimum absolute atomic E-state index is 0.0684. The van der Waals surface area contributed by atoms with Crippen molar-refractivity contribution in [1.29, 1.82) is 0 Å². The molecule has 154 valence electrons. The number of hydrogen-bond acceptors (Lipinski definition) is 5. The maximum absolute atomic E-state index is 12.9. The van der Waals surface area contributed by atoms with E-state index in [4.69, 9.17) is 0 Å². The van der Waals surface area contributed by atoms with Crippen LogP contribution in [0.5, 0.6) is 0 Å². The number of hydrogen-bond donors (Lipinski definition) is 0. The largest absolute Gasteiger partial charge is 0.347 e. The average molecular weight is 419 g/mol. The van der Waals surface area contributed by atoms with Gasteiger partial charge in [0.25, 0.3) is 0 Å². The van der Waals surface area contributed by atoms with Crippen LogP contribution in [0.2, 0.25) is 0 Å². The van der Waals surface area contributed by atoms with E-state index in [1.807, 2.05) is 36.7 Å². The summed E-state index contributed by atoms with van der Waals surface area (Å²) in [6, 6.07) is 16.5. The van der Waals surface area contributed by atoms with Crippen LogP contribution in [0.3, 0.4) is 0 Å². The number of para-hydroxylation sites is 1. The zero-order valence-electron chi connectivity index (χ0n) is 18.0. The molecule has 0 unspecified atom stereocenters. The summed E-state index contributed by atoms with van der Waals surface area (Å²) in [6.07, 6.45) is 1.78. The number of carbonyl (C=O) groups is 1. The van der Waals surface area contributed by atoms with E-state index in [1.165, 1.54) is 22.9 Å². The molecule has 2 aromatic carbocycles. The molecule has 2 heterocycles. The molecule has 0 saturated carbocycles. The van der Waals surface area contributed by atoms with Crippen molar-refractivity contribution in [1.82, 2.24) is 14.8 Å². The molecule has 5 nitrogen and oxygen atoms in total. The monoisotopic (exact) mass is 418 g/mol. The lowest BCUT2D eigenvalue weighted by atomic mass is 9.83. The Morgan fingerprint density at radius 2 is 1.77 bits per heavy atom. The number of aryl methyl sites for hydroxylation is 2. The van der Waals surface area contributed by atoms with Gasteiger partial charge in [0.1, 0.15) is 5.82 Å². The van der Waals surface area contributed by atoms with E-state index in [2.05, 4.69) is 66.2 Å². The van der Waals surface area contributed by atoms with Gasteiger partial charge in [0, 0.05) is 35.6 Å². The van der Waals surface area contributed by atoms with Gasteiger partial charge in [-0.3, -0.25) is 9.36 Å². The highest BCUT2D eigenvalue weighted by Crippen LogP contribution is 2.46. The van der Waals surface area contributed by atoms with E-state index < -0.39 is 0 Å². The van der Waals surface area contributed by atoms with Crippen molar-refractivity contribution in [2.45, 2.75) is 38.3 Å². The number of ketones is 1. The number of thioether (sulfide) groups is 1. The number of benzene rings is 2. The van der Waals surface area contributed by atoms with E-state index in [1.54, 1.807) is 6.08 Å². The van der Waals surface area contributed by atoms with Gasteiger partial charge < -0.3 is 4.90 Å². The Balaban J connectivity index is 1.54. The molecule has 30 heavy (non-hydrogen) atoms. The minimum atomic E-state index is -0.204. The van der Waals surface area contributed by atoms with Crippen molar-refractivity contribution in [3.05, 3.63) is 77.3 Å². The quantitative estimate of drug-likeness (QED) is 0.438. The standard InChI is InChI=1S/C24H26N4OS/c1-16-10-12-18(13-11-16)28-17(2)25-26-23(28)30-15-19(29)14-22-24(3,4)20-8-6-7-9-21(20)27(22)5/h6-14H,15H2,1-5H3/b22-14-. The fourth-order valence-corrected chi connectivity index (χ4v) is 4.84. The minimum Gasteiger partial charge on any atom is -0.347 e. The van der Waals surface area contributed by atoms with Gasteiger partial charge in [-0.15, -0.1) is 10.2 Å². The number of allylic oxidation sites excluding steroid dienone is 2. The zero-order chi connectivity index (χ0) is 21.5. The SMILES string of the molecule is Cc1ccc(-n2c(C)nnc2SCC(=O)/C=C2\N(C)c3ccccc3C2(C)C)cc1. The second-order valence-corrected chi connectivity index (χ2v) is 9.13. The molecule has 4 rings (SSSR count). The average Bonchev–Trinajstić information content (AvgIpc) is 3.18. The Morgan fingerprint density at radius 3 is 2.47 bits per heavy atom. The topological polar surface area (TPSA) is 51.0 Å². The molecular formula is C24H26N4OS. The van der Waals surface area contributed by atoms with E-state index in [-0.39, 0.29) is 11.2 Å². The van der Waals surface area contributed by atoms with Crippen LogP contribution in [0.4, 0.5) is 5.69 Å². The molecule has 0 radical (unpaired) electrons. The summed E-state index contributed by atoms with van der Waals surface area (Å²) in [6.45, 7) is 8.32. The molecule has 0 aliphatic carbocycles. The predicted molar refractivity (Wildman–Crippen MR) is 123 cm³/mol. The van der Waals surface area contributed by atoms with Crippen molar-refractivity contribution in [2.75, 3.05) is 17.7 Å². The van der Waals surface area contributed by atoms with Gasteiger partial charge in [-0.25, -0.2) is 0 Å². The molecule has 0 amide bonds. The lowest BCUT2D eigenvalue weighted by Gasteiger charge is -2.23. The number of nitrogens with zero attached hydrogens (tertiary/aromatic N) is 4. The predicted octanol–water partition coefficient (Wildman–Crippen LogP) is 4.86. The summed E-state index contributed by atoms with van der Waals surface area (Å²) in [7, 11) is 2.03. The fourth-order valence-electron chi connectivity index (χ4n) is 4.02. The number of likely N-dealkylation sites (N-methyl/N-ethyl adjacent to an activating group) is 1. The van der Waals surface area contributed by atoms with Gasteiger partial charge in [-0.2, -0.15) is 0 Å². The van der Waals surface area contributed by atoms with Crippen molar-refractivity contribution in [3.8, 4) is 5.69 Å². The first kappa shape index (κ1) is 20.4. The molecule has 1 aliphatic rings. The molecular weight excluding hydrogens is 392 g/mol. The second-order valence-electron chi connectivity index (χ2n) is 8.19. The van der Waals surface area contributed by atoms with Crippen LogP contribution in [0.15, 0.2) is 65.5 Å². The third kappa shape index (κ3) is 3.56. The zero-order valence-corrected chi connectivity index (χ0v) is 18.8. The number of carbonyl (C=O) groups excluding carboxylic acids is 1. The summed E-state index contributed by atoms with van der Waals surface area (Å²) in [4.78, 5) is 15.0. The molecule has 1 aromatic heterocycles. The number of fused-ring (bicyclic) bond motifs is 1. The third-order valence-corrected chi connectivity index (χ3v) is 6.62. The van der Waals surface area contributed by atoms with Crippen LogP contribution in [-0.2, 0) is 10.2 Å². The number of anilines is 1. The van der Waals surface area contributed by atoms with E-state index in [0.29, 0.717) is 5.75 Å². The summed E-state index contributed by atoms with van der Waals surface area (Å²) in [5.74, 6) is 1.19. The van der Waals surface area contributed by atoms with Crippen LogP contribution in [-0.4, -0.2) is 33.3 Å². The van der Waals surface area contributed by atoms with Crippen LogP contribution in [0.1, 0.15) is 30.8 Å². The van der Waals surface area contributed by atoms with Gasteiger partial charge in [-0.1, -0.05) is 61.5 Å². The Bertz CT molecular complexity index is 1130. The molecule has 0 N–H and O–H groups in total. The van der Waals surface area contributed by atoms with Crippen molar-refractivity contribution in [2.24, 2.45) is 0 Å². The van der Waals surface area contributed by atoms with Crippen molar-refractivity contribution in [3.63, 3.8) is 0 Å². The summed E-state index contributed by atoms with van der Waals surface area (Å²) >= 11 is 1.42. The highest BCUT2D eigenvalue weighted by atomic mass is 32.2. The maximum atomic E-state index is 12.9. The maximum Gasteiger partial charge on any atom is 0.196 e. The first-order chi connectivity index (χ1) is 14.3. The smallest absolute Gasteiger partial charge is 0.196 e. The van der Waals surface area contributed by atoms with Gasteiger partial charge in [0.05, 0.1) is 5.75 Å². The number of aromatic nitrogens is 3. The molecule has 0 bridgehead atoms. The van der Waals surface area contributed by atoms with Crippen LogP contribution >= 0.6 is 11.8 Å².